The van der Waals surface area contributed by atoms with Gasteiger partial charge >= 0.3 is 0 Å². The van der Waals surface area contributed by atoms with Crippen molar-refractivity contribution < 1.29 is 13.9 Å². The van der Waals surface area contributed by atoms with E-state index in [0.717, 1.165) is 0 Å². The lowest BCUT2D eigenvalue weighted by molar-refractivity contribution is -0.129. The van der Waals surface area contributed by atoms with Crippen LogP contribution in [0.4, 0.5) is 4.39 Å². The summed E-state index contributed by atoms with van der Waals surface area (Å²) in [7, 11) is 3.23. The van der Waals surface area contributed by atoms with Gasteiger partial charge in [-0.2, -0.15) is 0 Å². The molecular formula is C13H17ClFNO2. The maximum Gasteiger partial charge on any atom is 0.226 e. The molecule has 1 aromatic rings. The Morgan fingerprint density at radius 1 is 1.56 bits per heavy atom. The molecule has 5 heteroatoms. The van der Waals surface area contributed by atoms with Crippen molar-refractivity contribution in [3.8, 4) is 0 Å². The summed E-state index contributed by atoms with van der Waals surface area (Å²) < 4.78 is 17.9. The fraction of sp³-hybridized carbons (Fsp3) is 0.462. The molecule has 0 heterocycles. The Morgan fingerprint density at radius 2 is 2.28 bits per heavy atom. The highest BCUT2D eigenvalue weighted by Gasteiger charge is 2.14. The van der Waals surface area contributed by atoms with E-state index in [1.807, 2.05) is 0 Å². The molecule has 0 spiro atoms. The lowest BCUT2D eigenvalue weighted by atomic mass is 10.1. The third-order valence-electron chi connectivity index (χ3n) is 2.49. The third-order valence-corrected chi connectivity index (χ3v) is 2.75. The van der Waals surface area contributed by atoms with E-state index in [0.29, 0.717) is 18.7 Å². The second kappa shape index (κ2) is 7.34. The van der Waals surface area contributed by atoms with Gasteiger partial charge in [0.15, 0.2) is 0 Å². The first-order valence-corrected chi connectivity index (χ1v) is 6.08. The first-order chi connectivity index (χ1) is 8.52. The molecule has 18 heavy (non-hydrogen) atoms. The average Bonchev–Trinajstić information content (AvgIpc) is 2.29. The predicted molar refractivity (Wildman–Crippen MR) is 69.3 cm³/mol. The average molecular weight is 274 g/mol. The quantitative estimate of drug-likeness (QED) is 0.743. The van der Waals surface area contributed by atoms with Gasteiger partial charge in [-0.3, -0.25) is 4.79 Å². The number of nitrogens with zero attached hydrogens (tertiary/aromatic N) is 1. The predicted octanol–water partition coefficient (Wildman–Crippen LogP) is 2.08. The number of halogens is 2. The number of carbonyl (C=O) groups is 1. The van der Waals surface area contributed by atoms with E-state index in [2.05, 4.69) is 0 Å². The molecule has 100 valence electrons. The van der Waals surface area contributed by atoms with Crippen LogP contribution in [-0.4, -0.2) is 43.5 Å². The summed E-state index contributed by atoms with van der Waals surface area (Å²) in [5.41, 5.74) is 0.657. The highest BCUT2D eigenvalue weighted by atomic mass is 35.5. The largest absolute Gasteiger partial charge is 0.383 e. The van der Waals surface area contributed by atoms with Gasteiger partial charge in [0.1, 0.15) is 5.82 Å². The molecule has 1 rings (SSSR count). The zero-order valence-electron chi connectivity index (χ0n) is 10.5. The molecule has 0 aliphatic carbocycles. The summed E-state index contributed by atoms with van der Waals surface area (Å²) in [6.45, 7) is 0.794. The van der Waals surface area contributed by atoms with Gasteiger partial charge in [-0.15, -0.1) is 11.6 Å². The maximum absolute atomic E-state index is 13.0. The number of ether oxygens (including phenoxy) is 1. The van der Waals surface area contributed by atoms with Gasteiger partial charge in [-0.1, -0.05) is 12.1 Å². The Bertz CT molecular complexity index is 400. The summed E-state index contributed by atoms with van der Waals surface area (Å²) in [4.78, 5) is 13.4. The van der Waals surface area contributed by atoms with E-state index in [1.165, 1.54) is 17.0 Å². The second-order valence-corrected chi connectivity index (χ2v) is 4.75. The Labute approximate surface area is 111 Å². The molecule has 1 amide bonds. The summed E-state index contributed by atoms with van der Waals surface area (Å²) in [6.07, 6.45) is 0.171. The van der Waals surface area contributed by atoms with Crippen LogP contribution in [-0.2, 0) is 16.0 Å². The number of hydrogen-bond donors (Lipinski definition) is 0. The molecule has 0 saturated carbocycles. The molecule has 1 aromatic carbocycles. The van der Waals surface area contributed by atoms with E-state index in [-0.39, 0.29) is 23.5 Å². The van der Waals surface area contributed by atoms with Crippen molar-refractivity contribution >= 4 is 17.5 Å². The van der Waals surface area contributed by atoms with Crippen LogP contribution in [0.3, 0.4) is 0 Å². The highest BCUT2D eigenvalue weighted by Crippen LogP contribution is 2.07. The number of methoxy groups -OCH3 is 1. The smallest absolute Gasteiger partial charge is 0.226 e. The van der Waals surface area contributed by atoms with Gasteiger partial charge in [0.2, 0.25) is 5.91 Å². The molecule has 0 fully saturated rings. The van der Waals surface area contributed by atoms with Crippen LogP contribution >= 0.6 is 11.6 Å². The Hall–Kier alpha value is -1.13. The van der Waals surface area contributed by atoms with E-state index in [1.54, 1.807) is 26.3 Å². The van der Waals surface area contributed by atoms with Crippen LogP contribution in [0.25, 0.3) is 0 Å². The summed E-state index contributed by atoms with van der Waals surface area (Å²) in [6, 6.07) is 6.03. The maximum atomic E-state index is 13.0. The van der Waals surface area contributed by atoms with E-state index >= 15 is 0 Å². The molecule has 0 aromatic heterocycles. The standard InChI is InChI=1S/C13H17ClFNO2/c1-16(8-11(14)9-18-2)13(17)7-10-4-3-5-12(15)6-10/h3-6,11H,7-9H2,1-2H3. The molecule has 0 aliphatic heterocycles. The SMILES string of the molecule is COCC(Cl)CN(C)C(=O)Cc1cccc(F)c1. The summed E-state index contributed by atoms with van der Waals surface area (Å²) >= 11 is 5.97. The minimum atomic E-state index is -0.336. The van der Waals surface area contributed by atoms with E-state index in [4.69, 9.17) is 16.3 Å². The van der Waals surface area contributed by atoms with Crippen LogP contribution in [0.15, 0.2) is 24.3 Å². The lowest BCUT2D eigenvalue weighted by Gasteiger charge is -2.20. The summed E-state index contributed by atoms with van der Waals surface area (Å²) in [5.74, 6) is -0.431. The van der Waals surface area contributed by atoms with Crippen molar-refractivity contribution in [3.63, 3.8) is 0 Å². The molecule has 0 saturated heterocycles. The minimum Gasteiger partial charge on any atom is -0.383 e. The number of hydrogen-bond acceptors (Lipinski definition) is 2. The van der Waals surface area contributed by atoms with Crippen molar-refractivity contribution in [2.24, 2.45) is 0 Å². The first kappa shape index (κ1) is 14.9. The molecule has 0 bridgehead atoms. The lowest BCUT2D eigenvalue weighted by Crippen LogP contribution is -2.34. The zero-order chi connectivity index (χ0) is 13.5. The molecule has 1 unspecified atom stereocenters. The second-order valence-electron chi connectivity index (χ2n) is 4.13. The van der Waals surface area contributed by atoms with Gasteiger partial charge in [0.25, 0.3) is 0 Å². The molecule has 0 aliphatic rings. The molecule has 0 N–H and O–H groups in total. The van der Waals surface area contributed by atoms with Crippen molar-refractivity contribution in [2.45, 2.75) is 11.8 Å². The third kappa shape index (κ3) is 5.02. The first-order valence-electron chi connectivity index (χ1n) is 5.64. The molecule has 0 radical (unpaired) electrons. The zero-order valence-corrected chi connectivity index (χ0v) is 11.3. The number of alkyl halides is 1. The number of amides is 1. The van der Waals surface area contributed by atoms with Crippen LogP contribution in [0, 0.1) is 5.82 Å². The minimum absolute atomic E-state index is 0.0950. The van der Waals surface area contributed by atoms with Gasteiger partial charge in [-0.05, 0) is 17.7 Å². The number of likely N-dealkylation sites (N-methyl/N-ethyl adjacent to an activating group) is 1. The topological polar surface area (TPSA) is 29.5 Å². The molecule has 3 nitrogen and oxygen atoms in total. The van der Waals surface area contributed by atoms with Crippen LogP contribution in [0.1, 0.15) is 5.56 Å². The van der Waals surface area contributed by atoms with Crippen molar-refractivity contribution in [1.82, 2.24) is 4.90 Å². The van der Waals surface area contributed by atoms with Crippen LogP contribution in [0.5, 0.6) is 0 Å². The molecular weight excluding hydrogens is 257 g/mol. The van der Waals surface area contributed by atoms with Gasteiger partial charge in [0.05, 0.1) is 18.4 Å². The van der Waals surface area contributed by atoms with Crippen LogP contribution in [0.2, 0.25) is 0 Å². The van der Waals surface area contributed by atoms with Gasteiger partial charge in [-0.25, -0.2) is 4.39 Å². The fourth-order valence-electron chi connectivity index (χ4n) is 1.59. The normalized spacial score (nSPS) is 12.2. The van der Waals surface area contributed by atoms with Crippen molar-refractivity contribution in [2.75, 3.05) is 27.3 Å². The molecule has 1 atom stereocenters. The van der Waals surface area contributed by atoms with E-state index in [9.17, 15) is 9.18 Å². The van der Waals surface area contributed by atoms with E-state index < -0.39 is 0 Å². The number of carbonyl (C=O) groups excluding carboxylic acids is 1. The highest BCUT2D eigenvalue weighted by molar-refractivity contribution is 6.21. The Balaban J connectivity index is 2.49. The Kier molecular flexibility index (Phi) is 6.09. The Morgan fingerprint density at radius 3 is 2.89 bits per heavy atom. The van der Waals surface area contributed by atoms with Crippen LogP contribution < -0.4 is 0 Å². The van der Waals surface area contributed by atoms with Gasteiger partial charge < -0.3 is 9.64 Å². The summed E-state index contributed by atoms with van der Waals surface area (Å²) in [5, 5.41) is -0.239. The van der Waals surface area contributed by atoms with Crippen molar-refractivity contribution in [3.05, 3.63) is 35.6 Å². The fourth-order valence-corrected chi connectivity index (χ4v) is 1.92. The van der Waals surface area contributed by atoms with Crippen molar-refractivity contribution in [1.29, 1.82) is 0 Å². The number of rotatable bonds is 6. The number of benzene rings is 1. The monoisotopic (exact) mass is 273 g/mol. The van der Waals surface area contributed by atoms with Gasteiger partial charge in [0, 0.05) is 20.7 Å².